The molecule has 1 aliphatic heterocycles. The number of aryl methyl sites for hydroxylation is 1. The van der Waals surface area contributed by atoms with Gasteiger partial charge in [0.25, 0.3) is 5.91 Å². The van der Waals surface area contributed by atoms with Gasteiger partial charge in [0.15, 0.2) is 0 Å². The van der Waals surface area contributed by atoms with Crippen LogP contribution >= 0.6 is 0 Å². The van der Waals surface area contributed by atoms with Crippen molar-refractivity contribution in [2.24, 2.45) is 0 Å². The number of rotatable bonds is 4. The first-order valence-corrected chi connectivity index (χ1v) is 6.85. The molecule has 1 amide bonds. The van der Waals surface area contributed by atoms with Gasteiger partial charge in [-0.05, 0) is 30.9 Å². The van der Waals surface area contributed by atoms with Crippen molar-refractivity contribution in [3.05, 3.63) is 29.3 Å². The van der Waals surface area contributed by atoms with E-state index in [0.717, 1.165) is 50.0 Å². The fourth-order valence-corrected chi connectivity index (χ4v) is 2.39. The molecular formula is C15H22N2O. The maximum Gasteiger partial charge on any atom is 0.255 e. The third-order valence-corrected chi connectivity index (χ3v) is 3.50. The number of nitrogens with one attached hydrogen (secondary N) is 1. The van der Waals surface area contributed by atoms with Gasteiger partial charge in [-0.1, -0.05) is 25.5 Å². The highest BCUT2D eigenvalue weighted by Gasteiger charge is 2.19. The van der Waals surface area contributed by atoms with E-state index in [9.17, 15) is 4.79 Å². The smallest absolute Gasteiger partial charge is 0.255 e. The molecule has 0 spiro atoms. The van der Waals surface area contributed by atoms with Crippen LogP contribution < -0.4 is 5.32 Å². The summed E-state index contributed by atoms with van der Waals surface area (Å²) >= 11 is 0. The topological polar surface area (TPSA) is 32.3 Å². The molecule has 0 fully saturated rings. The molecule has 3 heteroatoms. The predicted octanol–water partition coefficient (Wildman–Crippen LogP) is 2.92. The number of hydrogen-bond acceptors (Lipinski definition) is 2. The van der Waals surface area contributed by atoms with Gasteiger partial charge in [-0.25, -0.2) is 0 Å². The number of amides is 1. The van der Waals surface area contributed by atoms with Crippen LogP contribution in [0, 0.1) is 0 Å². The molecule has 18 heavy (non-hydrogen) atoms. The second-order valence-corrected chi connectivity index (χ2v) is 4.95. The number of para-hydroxylation sites is 1. The zero-order valence-electron chi connectivity index (χ0n) is 11.3. The van der Waals surface area contributed by atoms with Crippen molar-refractivity contribution in [2.45, 2.75) is 32.6 Å². The summed E-state index contributed by atoms with van der Waals surface area (Å²) in [5, 5.41) is 3.38. The van der Waals surface area contributed by atoms with Crippen LogP contribution in [0.1, 0.15) is 42.1 Å². The summed E-state index contributed by atoms with van der Waals surface area (Å²) in [5.74, 6) is 0.134. The number of carbonyl (C=O) groups excluding carboxylic acids is 1. The summed E-state index contributed by atoms with van der Waals surface area (Å²) in [7, 11) is 1.89. The van der Waals surface area contributed by atoms with E-state index in [1.807, 2.05) is 24.1 Å². The molecular weight excluding hydrogens is 224 g/mol. The molecule has 0 bridgehead atoms. The lowest BCUT2D eigenvalue weighted by Crippen LogP contribution is -2.29. The van der Waals surface area contributed by atoms with Gasteiger partial charge < -0.3 is 10.2 Å². The monoisotopic (exact) mass is 246 g/mol. The maximum absolute atomic E-state index is 12.4. The highest BCUT2D eigenvalue weighted by molar-refractivity contribution is 6.00. The van der Waals surface area contributed by atoms with Crippen molar-refractivity contribution in [1.29, 1.82) is 0 Å². The van der Waals surface area contributed by atoms with Crippen molar-refractivity contribution in [3.63, 3.8) is 0 Å². The van der Waals surface area contributed by atoms with E-state index in [4.69, 9.17) is 0 Å². The lowest BCUT2D eigenvalue weighted by molar-refractivity contribution is 0.0794. The Morgan fingerprint density at radius 2 is 2.28 bits per heavy atom. The van der Waals surface area contributed by atoms with Gasteiger partial charge in [-0.3, -0.25) is 4.79 Å². The third kappa shape index (κ3) is 2.66. The van der Waals surface area contributed by atoms with Crippen LogP contribution in [0.3, 0.4) is 0 Å². The van der Waals surface area contributed by atoms with Crippen LogP contribution in [0.2, 0.25) is 0 Å². The summed E-state index contributed by atoms with van der Waals surface area (Å²) < 4.78 is 0. The molecule has 2 rings (SSSR count). The Morgan fingerprint density at radius 3 is 3.06 bits per heavy atom. The minimum atomic E-state index is 0.134. The van der Waals surface area contributed by atoms with Gasteiger partial charge in [-0.2, -0.15) is 0 Å². The lowest BCUT2D eigenvalue weighted by Gasteiger charge is -2.23. The van der Waals surface area contributed by atoms with Gasteiger partial charge in [0, 0.05) is 20.1 Å². The summed E-state index contributed by atoms with van der Waals surface area (Å²) in [4.78, 5) is 14.2. The first-order chi connectivity index (χ1) is 8.74. The molecule has 0 aromatic heterocycles. The SMILES string of the molecule is CCCCN(C)C(=O)c1cccc2c1NCCC2. The van der Waals surface area contributed by atoms with Crippen LogP contribution in [0.4, 0.5) is 5.69 Å². The predicted molar refractivity (Wildman–Crippen MR) is 75.1 cm³/mol. The van der Waals surface area contributed by atoms with Crippen molar-refractivity contribution in [3.8, 4) is 0 Å². The van der Waals surface area contributed by atoms with E-state index in [0.29, 0.717) is 0 Å². The van der Waals surface area contributed by atoms with E-state index < -0.39 is 0 Å². The molecule has 0 unspecified atom stereocenters. The Hall–Kier alpha value is -1.51. The summed E-state index contributed by atoms with van der Waals surface area (Å²) in [6, 6.07) is 6.04. The Bertz CT molecular complexity index is 429. The lowest BCUT2D eigenvalue weighted by atomic mass is 9.99. The Morgan fingerprint density at radius 1 is 1.44 bits per heavy atom. The van der Waals surface area contributed by atoms with Gasteiger partial charge in [0.1, 0.15) is 0 Å². The number of anilines is 1. The zero-order valence-corrected chi connectivity index (χ0v) is 11.3. The molecule has 3 nitrogen and oxygen atoms in total. The van der Waals surface area contributed by atoms with Gasteiger partial charge in [0.05, 0.1) is 11.3 Å². The number of benzene rings is 1. The Labute approximate surface area is 109 Å². The minimum Gasteiger partial charge on any atom is -0.384 e. The van der Waals surface area contributed by atoms with Crippen molar-refractivity contribution < 1.29 is 4.79 Å². The van der Waals surface area contributed by atoms with E-state index in [1.54, 1.807) is 0 Å². The Kier molecular flexibility index (Phi) is 4.24. The van der Waals surface area contributed by atoms with E-state index >= 15 is 0 Å². The summed E-state index contributed by atoms with van der Waals surface area (Å²) in [5.41, 5.74) is 3.15. The first-order valence-electron chi connectivity index (χ1n) is 6.85. The van der Waals surface area contributed by atoms with Gasteiger partial charge >= 0.3 is 0 Å². The molecule has 0 saturated carbocycles. The van der Waals surface area contributed by atoms with Gasteiger partial charge in [0.2, 0.25) is 0 Å². The molecule has 1 aromatic carbocycles. The quantitative estimate of drug-likeness (QED) is 0.886. The molecule has 98 valence electrons. The molecule has 1 aromatic rings. The van der Waals surface area contributed by atoms with E-state index in [2.05, 4.69) is 18.3 Å². The maximum atomic E-state index is 12.4. The molecule has 0 radical (unpaired) electrons. The average Bonchev–Trinajstić information content (AvgIpc) is 2.43. The molecule has 0 saturated heterocycles. The van der Waals surface area contributed by atoms with Crippen molar-refractivity contribution in [2.75, 3.05) is 25.5 Å². The summed E-state index contributed by atoms with van der Waals surface area (Å²) in [6.45, 7) is 3.94. The highest BCUT2D eigenvalue weighted by atomic mass is 16.2. The zero-order chi connectivity index (χ0) is 13.0. The second-order valence-electron chi connectivity index (χ2n) is 4.95. The number of hydrogen-bond donors (Lipinski definition) is 1. The molecule has 1 N–H and O–H groups in total. The number of nitrogens with zero attached hydrogens (tertiary/aromatic N) is 1. The number of fused-ring (bicyclic) bond motifs is 1. The molecule has 1 aliphatic rings. The number of unbranched alkanes of at least 4 members (excludes halogenated alkanes) is 1. The average molecular weight is 246 g/mol. The Balaban J connectivity index is 2.19. The second kappa shape index (κ2) is 5.89. The molecule has 1 heterocycles. The van der Waals surface area contributed by atoms with Crippen LogP contribution in [-0.2, 0) is 6.42 Å². The highest BCUT2D eigenvalue weighted by Crippen LogP contribution is 2.26. The number of carbonyl (C=O) groups is 1. The van der Waals surface area contributed by atoms with Gasteiger partial charge in [-0.15, -0.1) is 0 Å². The van der Waals surface area contributed by atoms with E-state index in [1.165, 1.54) is 5.56 Å². The van der Waals surface area contributed by atoms with Crippen LogP contribution in [-0.4, -0.2) is 30.9 Å². The van der Waals surface area contributed by atoms with Crippen LogP contribution in [0.25, 0.3) is 0 Å². The molecule has 0 atom stereocenters. The largest absolute Gasteiger partial charge is 0.384 e. The first kappa shape index (κ1) is 12.9. The van der Waals surface area contributed by atoms with Crippen LogP contribution in [0.5, 0.6) is 0 Å². The van der Waals surface area contributed by atoms with Crippen LogP contribution in [0.15, 0.2) is 18.2 Å². The molecule has 0 aliphatic carbocycles. The fraction of sp³-hybridized carbons (Fsp3) is 0.533. The van der Waals surface area contributed by atoms with Crippen molar-refractivity contribution in [1.82, 2.24) is 4.90 Å². The summed E-state index contributed by atoms with van der Waals surface area (Å²) in [6.07, 6.45) is 4.39. The standard InChI is InChI=1S/C15H22N2O/c1-3-4-11-17(2)15(18)13-9-5-7-12-8-6-10-16-14(12)13/h5,7,9,16H,3-4,6,8,10-11H2,1-2H3. The fourth-order valence-electron chi connectivity index (χ4n) is 2.39. The third-order valence-electron chi connectivity index (χ3n) is 3.50. The normalized spacial score (nSPS) is 13.7. The van der Waals surface area contributed by atoms with E-state index in [-0.39, 0.29) is 5.91 Å². The van der Waals surface area contributed by atoms with Crippen molar-refractivity contribution >= 4 is 11.6 Å². The minimum absolute atomic E-state index is 0.134.